The van der Waals surface area contributed by atoms with E-state index in [4.69, 9.17) is 4.52 Å². The number of nitrogens with zero attached hydrogens (tertiary/aromatic N) is 2. The monoisotopic (exact) mass is 382 g/mol. The maximum absolute atomic E-state index is 12.8. The molecule has 0 spiro atoms. The smallest absolute Gasteiger partial charge is 0.361 e. The first-order valence-electron chi connectivity index (χ1n) is 9.03. The van der Waals surface area contributed by atoms with Crippen LogP contribution in [0.25, 0.3) is 0 Å². The van der Waals surface area contributed by atoms with E-state index in [9.17, 15) is 13.2 Å². The van der Waals surface area contributed by atoms with Crippen LogP contribution in [0.3, 0.4) is 0 Å². The van der Waals surface area contributed by atoms with Gasteiger partial charge in [0.25, 0.3) is 0 Å². The Hall–Kier alpha value is -2.51. The van der Waals surface area contributed by atoms with Crippen LogP contribution in [0.4, 0.5) is 13.2 Å². The highest BCUT2D eigenvalue weighted by Gasteiger charge is 2.30. The van der Waals surface area contributed by atoms with Crippen molar-refractivity contribution < 1.29 is 17.7 Å². The molecule has 0 aliphatic heterocycles. The lowest BCUT2D eigenvalue weighted by atomic mass is 10.1. The molecule has 0 radical (unpaired) electrons. The van der Waals surface area contributed by atoms with Gasteiger partial charge < -0.3 is 15.2 Å². The zero-order valence-corrected chi connectivity index (χ0v) is 15.8. The Labute approximate surface area is 157 Å². The lowest BCUT2D eigenvalue weighted by molar-refractivity contribution is -0.137. The highest BCUT2D eigenvalue weighted by Crippen LogP contribution is 2.29. The van der Waals surface area contributed by atoms with Crippen LogP contribution in [-0.4, -0.2) is 17.7 Å². The molecule has 2 rings (SSSR count). The number of aliphatic imine (C=N–C) groups is 1. The SMILES string of the molecule is CCNC(=NCc1cccc(C(F)(F)F)c1)NCc1c(CC)noc1CC. The number of aromatic nitrogens is 1. The van der Waals surface area contributed by atoms with E-state index in [1.807, 2.05) is 20.8 Å². The Morgan fingerprint density at radius 1 is 1.15 bits per heavy atom. The van der Waals surface area contributed by atoms with Gasteiger partial charge in [-0.15, -0.1) is 0 Å². The fraction of sp³-hybridized carbons (Fsp3) is 0.474. The number of aryl methyl sites for hydroxylation is 2. The van der Waals surface area contributed by atoms with Gasteiger partial charge in [0.05, 0.1) is 17.8 Å². The summed E-state index contributed by atoms with van der Waals surface area (Å²) in [5.41, 5.74) is 1.73. The Balaban J connectivity index is 2.10. The summed E-state index contributed by atoms with van der Waals surface area (Å²) in [4.78, 5) is 4.39. The predicted molar refractivity (Wildman–Crippen MR) is 98.4 cm³/mol. The Morgan fingerprint density at radius 2 is 1.93 bits per heavy atom. The lowest BCUT2D eigenvalue weighted by Gasteiger charge is -2.12. The number of hydrogen-bond donors (Lipinski definition) is 2. The van der Waals surface area contributed by atoms with Gasteiger partial charge in [-0.3, -0.25) is 0 Å². The summed E-state index contributed by atoms with van der Waals surface area (Å²) in [5, 5.41) is 10.4. The Morgan fingerprint density at radius 3 is 2.56 bits per heavy atom. The summed E-state index contributed by atoms with van der Waals surface area (Å²) in [6.45, 7) is 7.20. The summed E-state index contributed by atoms with van der Waals surface area (Å²) in [5.74, 6) is 1.35. The number of halogens is 3. The van der Waals surface area contributed by atoms with E-state index in [1.165, 1.54) is 6.07 Å². The van der Waals surface area contributed by atoms with Crippen molar-refractivity contribution in [1.82, 2.24) is 15.8 Å². The number of benzene rings is 1. The second kappa shape index (κ2) is 9.43. The van der Waals surface area contributed by atoms with E-state index < -0.39 is 11.7 Å². The molecule has 2 N–H and O–H groups in total. The molecule has 0 saturated heterocycles. The molecule has 1 heterocycles. The quantitative estimate of drug-likeness (QED) is 0.560. The topological polar surface area (TPSA) is 62.5 Å². The van der Waals surface area contributed by atoms with Crippen LogP contribution >= 0.6 is 0 Å². The summed E-state index contributed by atoms with van der Waals surface area (Å²) in [6.07, 6.45) is -2.86. The summed E-state index contributed by atoms with van der Waals surface area (Å²) in [7, 11) is 0. The molecule has 5 nitrogen and oxygen atoms in total. The molecule has 0 atom stereocenters. The largest absolute Gasteiger partial charge is 0.416 e. The van der Waals surface area contributed by atoms with Gasteiger partial charge in [-0.25, -0.2) is 4.99 Å². The van der Waals surface area contributed by atoms with Crippen molar-refractivity contribution in [2.75, 3.05) is 6.54 Å². The van der Waals surface area contributed by atoms with E-state index >= 15 is 0 Å². The van der Waals surface area contributed by atoms with Crippen LogP contribution in [0.15, 0.2) is 33.8 Å². The molecule has 0 bridgehead atoms. The second-order valence-electron chi connectivity index (χ2n) is 5.98. The van der Waals surface area contributed by atoms with E-state index in [0.717, 1.165) is 42.0 Å². The summed E-state index contributed by atoms with van der Waals surface area (Å²) in [6, 6.07) is 5.21. The molecule has 0 aliphatic carbocycles. The average molecular weight is 382 g/mol. The molecule has 0 aliphatic rings. The number of alkyl halides is 3. The molecule has 148 valence electrons. The number of nitrogens with one attached hydrogen (secondary N) is 2. The maximum atomic E-state index is 12.8. The normalized spacial score (nSPS) is 12.3. The highest BCUT2D eigenvalue weighted by molar-refractivity contribution is 5.79. The molecule has 27 heavy (non-hydrogen) atoms. The number of rotatable bonds is 7. The van der Waals surface area contributed by atoms with Gasteiger partial charge in [-0.05, 0) is 31.0 Å². The minimum absolute atomic E-state index is 0.143. The maximum Gasteiger partial charge on any atom is 0.416 e. The fourth-order valence-electron chi connectivity index (χ4n) is 2.67. The zero-order valence-electron chi connectivity index (χ0n) is 15.8. The molecular weight excluding hydrogens is 357 g/mol. The molecule has 1 aromatic heterocycles. The van der Waals surface area contributed by atoms with Crippen molar-refractivity contribution in [3.8, 4) is 0 Å². The van der Waals surface area contributed by atoms with Gasteiger partial charge in [0.15, 0.2) is 5.96 Å². The fourth-order valence-corrected chi connectivity index (χ4v) is 2.67. The van der Waals surface area contributed by atoms with Crippen molar-refractivity contribution in [3.63, 3.8) is 0 Å². The predicted octanol–water partition coefficient (Wildman–Crippen LogP) is 4.07. The third kappa shape index (κ3) is 5.74. The van der Waals surface area contributed by atoms with Crippen LogP contribution in [-0.2, 0) is 32.1 Å². The van der Waals surface area contributed by atoms with Crippen LogP contribution in [0.2, 0.25) is 0 Å². The molecule has 0 saturated carbocycles. The first-order chi connectivity index (χ1) is 12.9. The molecule has 0 fully saturated rings. The minimum atomic E-state index is -4.36. The van der Waals surface area contributed by atoms with Crippen LogP contribution in [0.5, 0.6) is 0 Å². The molecule has 0 unspecified atom stereocenters. The summed E-state index contributed by atoms with van der Waals surface area (Å²) >= 11 is 0. The summed E-state index contributed by atoms with van der Waals surface area (Å²) < 4.78 is 43.8. The number of guanidine groups is 1. The molecule has 0 amide bonds. The zero-order chi connectivity index (χ0) is 19.9. The van der Waals surface area contributed by atoms with E-state index in [0.29, 0.717) is 24.6 Å². The first-order valence-corrected chi connectivity index (χ1v) is 9.03. The van der Waals surface area contributed by atoms with Crippen molar-refractivity contribution >= 4 is 5.96 Å². The highest BCUT2D eigenvalue weighted by atomic mass is 19.4. The van der Waals surface area contributed by atoms with Crippen molar-refractivity contribution in [1.29, 1.82) is 0 Å². The molecule has 2 aromatic rings. The Bertz CT molecular complexity index is 747. The van der Waals surface area contributed by atoms with Gasteiger partial charge in [0.1, 0.15) is 5.76 Å². The third-order valence-electron chi connectivity index (χ3n) is 4.06. The van der Waals surface area contributed by atoms with Crippen LogP contribution in [0, 0.1) is 0 Å². The second-order valence-corrected chi connectivity index (χ2v) is 5.98. The van der Waals surface area contributed by atoms with E-state index in [-0.39, 0.29) is 6.54 Å². The minimum Gasteiger partial charge on any atom is -0.361 e. The average Bonchev–Trinajstić information content (AvgIpc) is 3.05. The molecular formula is C19H25F3N4O. The lowest BCUT2D eigenvalue weighted by Crippen LogP contribution is -2.37. The van der Waals surface area contributed by atoms with Crippen molar-refractivity contribution in [3.05, 3.63) is 52.4 Å². The van der Waals surface area contributed by atoms with Gasteiger partial charge >= 0.3 is 6.18 Å². The third-order valence-corrected chi connectivity index (χ3v) is 4.06. The van der Waals surface area contributed by atoms with Gasteiger partial charge in [0, 0.05) is 25.1 Å². The molecule has 8 heteroatoms. The number of hydrogen-bond acceptors (Lipinski definition) is 3. The van der Waals surface area contributed by atoms with Crippen LogP contribution in [0.1, 0.15) is 48.9 Å². The van der Waals surface area contributed by atoms with Gasteiger partial charge in [0.2, 0.25) is 0 Å². The van der Waals surface area contributed by atoms with E-state index in [2.05, 4.69) is 20.8 Å². The molecule has 1 aromatic carbocycles. The van der Waals surface area contributed by atoms with E-state index in [1.54, 1.807) is 6.07 Å². The first kappa shape index (κ1) is 20.8. The standard InChI is InChI=1S/C19H25F3N4O/c1-4-16-15(17(5-2)27-26-16)12-25-18(23-6-3)24-11-13-8-7-9-14(10-13)19(20,21)22/h7-10H,4-6,11-12H2,1-3H3,(H2,23,24,25). The van der Waals surface area contributed by atoms with Crippen molar-refractivity contribution in [2.45, 2.75) is 52.9 Å². The van der Waals surface area contributed by atoms with Crippen molar-refractivity contribution in [2.24, 2.45) is 4.99 Å². The van der Waals surface area contributed by atoms with Gasteiger partial charge in [-0.2, -0.15) is 13.2 Å². The Kier molecular flexibility index (Phi) is 7.27. The van der Waals surface area contributed by atoms with Gasteiger partial charge in [-0.1, -0.05) is 31.1 Å². The van der Waals surface area contributed by atoms with Crippen LogP contribution < -0.4 is 10.6 Å².